The molecule has 1 atom stereocenters. The third kappa shape index (κ3) is 7.84. The molecule has 2 aromatic rings. The molecule has 1 unspecified atom stereocenters. The van der Waals surface area contributed by atoms with Crippen molar-refractivity contribution in [2.24, 2.45) is 0 Å². The lowest BCUT2D eigenvalue weighted by Crippen LogP contribution is -2.29. The maximum absolute atomic E-state index is 13.9. The Balaban J connectivity index is 2.07. The van der Waals surface area contributed by atoms with Gasteiger partial charge in [0.2, 0.25) is 0 Å². The van der Waals surface area contributed by atoms with Gasteiger partial charge in [-0.05, 0) is 43.7 Å². The standard InChI is InChI=1S/C24H27BrFNO4/c1-15(2)31-23(24(28)29)12-17-6-10-22(30-4)19(11-17)14-27-16(3)5-7-18-8-9-20(25)13-21(18)26/h5-11,13,15,23,27H,3,12,14H2,1-2,4H3,(H,28,29)/b7-5+. The Kier molecular flexibility index (Phi) is 9.27. The van der Waals surface area contributed by atoms with Gasteiger partial charge in [0.1, 0.15) is 11.6 Å². The molecule has 2 N–H and O–H groups in total. The van der Waals surface area contributed by atoms with E-state index in [1.165, 1.54) is 6.07 Å². The molecule has 0 bridgehead atoms. The Morgan fingerprint density at radius 2 is 2.03 bits per heavy atom. The van der Waals surface area contributed by atoms with Crippen LogP contribution >= 0.6 is 15.9 Å². The zero-order valence-corrected chi connectivity index (χ0v) is 19.4. The second kappa shape index (κ2) is 11.7. The van der Waals surface area contributed by atoms with Crippen molar-refractivity contribution in [3.63, 3.8) is 0 Å². The van der Waals surface area contributed by atoms with Gasteiger partial charge in [-0.25, -0.2) is 9.18 Å². The average molecular weight is 492 g/mol. The summed E-state index contributed by atoms with van der Waals surface area (Å²) in [5.74, 6) is -0.657. The highest BCUT2D eigenvalue weighted by Gasteiger charge is 2.20. The number of ether oxygens (including phenoxy) is 2. The van der Waals surface area contributed by atoms with Gasteiger partial charge in [-0.1, -0.05) is 46.8 Å². The molecule has 0 amide bonds. The van der Waals surface area contributed by atoms with E-state index in [-0.39, 0.29) is 18.3 Å². The molecule has 0 aliphatic rings. The normalized spacial score (nSPS) is 12.2. The van der Waals surface area contributed by atoms with Crippen LogP contribution in [0.25, 0.3) is 6.08 Å². The number of aliphatic carboxylic acids is 1. The molecule has 7 heteroatoms. The van der Waals surface area contributed by atoms with E-state index >= 15 is 0 Å². The van der Waals surface area contributed by atoms with E-state index in [0.29, 0.717) is 28.0 Å². The first-order chi connectivity index (χ1) is 14.7. The SMILES string of the molecule is C=C(/C=C/c1ccc(Br)cc1F)NCc1cc(CC(OC(C)C)C(=O)O)ccc1OC. The number of carboxylic acid groups (broad SMARTS) is 1. The van der Waals surface area contributed by atoms with Gasteiger partial charge in [0.05, 0.1) is 13.2 Å². The zero-order chi connectivity index (χ0) is 23.0. The van der Waals surface area contributed by atoms with Crippen molar-refractivity contribution in [3.8, 4) is 5.75 Å². The largest absolute Gasteiger partial charge is 0.496 e. The summed E-state index contributed by atoms with van der Waals surface area (Å²) in [5, 5.41) is 12.6. The highest BCUT2D eigenvalue weighted by Crippen LogP contribution is 2.22. The lowest BCUT2D eigenvalue weighted by molar-refractivity contribution is -0.153. The number of rotatable bonds is 11. The fourth-order valence-electron chi connectivity index (χ4n) is 2.93. The van der Waals surface area contributed by atoms with Crippen LogP contribution in [-0.4, -0.2) is 30.4 Å². The number of hydrogen-bond donors (Lipinski definition) is 2. The van der Waals surface area contributed by atoms with E-state index in [1.54, 1.807) is 51.3 Å². The number of allylic oxidation sites excluding steroid dienone is 1. The van der Waals surface area contributed by atoms with E-state index in [0.717, 1.165) is 11.1 Å². The van der Waals surface area contributed by atoms with Crippen molar-refractivity contribution in [2.75, 3.05) is 7.11 Å². The Labute approximate surface area is 190 Å². The van der Waals surface area contributed by atoms with E-state index in [9.17, 15) is 14.3 Å². The number of hydrogen-bond acceptors (Lipinski definition) is 4. The van der Waals surface area contributed by atoms with E-state index in [1.807, 2.05) is 12.1 Å². The lowest BCUT2D eigenvalue weighted by Gasteiger charge is -2.18. The summed E-state index contributed by atoms with van der Waals surface area (Å²) in [4.78, 5) is 11.5. The van der Waals surface area contributed by atoms with Gasteiger partial charge < -0.3 is 19.9 Å². The average Bonchev–Trinajstić information content (AvgIpc) is 2.70. The van der Waals surface area contributed by atoms with E-state index in [2.05, 4.69) is 27.8 Å². The van der Waals surface area contributed by atoms with Gasteiger partial charge in [0.25, 0.3) is 0 Å². The third-order valence-electron chi connectivity index (χ3n) is 4.41. The number of nitrogens with one attached hydrogen (secondary N) is 1. The van der Waals surface area contributed by atoms with Crippen LogP contribution in [0, 0.1) is 5.82 Å². The van der Waals surface area contributed by atoms with Crippen molar-refractivity contribution in [3.05, 3.63) is 81.7 Å². The molecular weight excluding hydrogens is 465 g/mol. The molecule has 0 saturated heterocycles. The maximum Gasteiger partial charge on any atom is 0.333 e. The highest BCUT2D eigenvalue weighted by atomic mass is 79.9. The molecule has 0 radical (unpaired) electrons. The monoisotopic (exact) mass is 491 g/mol. The second-order valence-electron chi connectivity index (χ2n) is 7.24. The Morgan fingerprint density at radius 3 is 2.65 bits per heavy atom. The summed E-state index contributed by atoms with van der Waals surface area (Å²) < 4.78 is 25.5. The fourth-order valence-corrected chi connectivity index (χ4v) is 3.26. The molecule has 5 nitrogen and oxygen atoms in total. The number of halogens is 2. The van der Waals surface area contributed by atoms with Gasteiger partial charge in [0.15, 0.2) is 6.10 Å². The van der Waals surface area contributed by atoms with Gasteiger partial charge in [0, 0.05) is 34.3 Å². The Hall–Kier alpha value is -2.64. The molecule has 0 aromatic heterocycles. The first-order valence-electron chi connectivity index (χ1n) is 9.79. The van der Waals surface area contributed by atoms with Crippen LogP contribution in [0.4, 0.5) is 4.39 Å². The number of methoxy groups -OCH3 is 1. The van der Waals surface area contributed by atoms with E-state index in [4.69, 9.17) is 9.47 Å². The molecular formula is C24H27BrFNO4. The molecule has 0 spiro atoms. The van der Waals surface area contributed by atoms with Crippen molar-refractivity contribution < 1.29 is 23.8 Å². The van der Waals surface area contributed by atoms with Crippen molar-refractivity contribution in [2.45, 2.75) is 39.0 Å². The molecule has 2 rings (SSSR count). The van der Waals surface area contributed by atoms with Crippen molar-refractivity contribution in [1.82, 2.24) is 5.32 Å². The summed E-state index contributed by atoms with van der Waals surface area (Å²) in [6.45, 7) is 7.96. The summed E-state index contributed by atoms with van der Waals surface area (Å²) in [6, 6.07) is 10.4. The summed E-state index contributed by atoms with van der Waals surface area (Å²) in [5.41, 5.74) is 2.72. The minimum Gasteiger partial charge on any atom is -0.496 e. The molecule has 31 heavy (non-hydrogen) atoms. The molecule has 0 fully saturated rings. The predicted octanol–water partition coefficient (Wildman–Crippen LogP) is 5.33. The topological polar surface area (TPSA) is 67.8 Å². The third-order valence-corrected chi connectivity index (χ3v) is 4.90. The smallest absolute Gasteiger partial charge is 0.333 e. The van der Waals surface area contributed by atoms with Gasteiger partial charge in [-0.2, -0.15) is 0 Å². The van der Waals surface area contributed by atoms with Gasteiger partial charge in [-0.3, -0.25) is 0 Å². The van der Waals surface area contributed by atoms with Crippen molar-refractivity contribution in [1.29, 1.82) is 0 Å². The Bertz CT molecular complexity index is 959. The van der Waals surface area contributed by atoms with Crippen LogP contribution in [0.2, 0.25) is 0 Å². The molecule has 0 saturated carbocycles. The molecule has 0 aliphatic carbocycles. The van der Waals surface area contributed by atoms with Crippen LogP contribution in [0.5, 0.6) is 5.75 Å². The number of benzene rings is 2. The van der Waals surface area contributed by atoms with Crippen LogP contribution < -0.4 is 10.1 Å². The summed E-state index contributed by atoms with van der Waals surface area (Å²) in [6.07, 6.45) is 2.47. The lowest BCUT2D eigenvalue weighted by atomic mass is 10.0. The van der Waals surface area contributed by atoms with E-state index < -0.39 is 12.1 Å². The summed E-state index contributed by atoms with van der Waals surface area (Å²) >= 11 is 3.23. The first-order valence-corrected chi connectivity index (χ1v) is 10.6. The second-order valence-corrected chi connectivity index (χ2v) is 8.16. The van der Waals surface area contributed by atoms with Crippen molar-refractivity contribution >= 4 is 28.0 Å². The first kappa shape index (κ1) is 24.6. The highest BCUT2D eigenvalue weighted by molar-refractivity contribution is 9.10. The number of carbonyl (C=O) groups is 1. The summed E-state index contributed by atoms with van der Waals surface area (Å²) in [7, 11) is 1.57. The Morgan fingerprint density at radius 1 is 1.29 bits per heavy atom. The fraction of sp³-hybridized carbons (Fsp3) is 0.292. The van der Waals surface area contributed by atoms with Crippen LogP contribution in [0.3, 0.4) is 0 Å². The van der Waals surface area contributed by atoms with Crippen LogP contribution in [0.15, 0.2) is 59.2 Å². The number of carboxylic acids is 1. The maximum atomic E-state index is 13.9. The van der Waals surface area contributed by atoms with Crippen LogP contribution in [-0.2, 0) is 22.5 Å². The minimum absolute atomic E-state index is 0.189. The van der Waals surface area contributed by atoms with Gasteiger partial charge >= 0.3 is 5.97 Å². The quantitative estimate of drug-likeness (QED) is 0.415. The molecule has 166 valence electrons. The molecule has 0 heterocycles. The van der Waals surface area contributed by atoms with Crippen LogP contribution in [0.1, 0.15) is 30.5 Å². The molecule has 0 aliphatic heterocycles. The van der Waals surface area contributed by atoms with Gasteiger partial charge in [-0.15, -0.1) is 0 Å². The predicted molar refractivity (Wildman–Crippen MR) is 123 cm³/mol. The zero-order valence-electron chi connectivity index (χ0n) is 17.8. The molecule has 2 aromatic carbocycles. The minimum atomic E-state index is -0.997.